The fourth-order valence-electron chi connectivity index (χ4n) is 11.8. The van der Waals surface area contributed by atoms with Gasteiger partial charge in [-0.15, -0.1) is 11.3 Å². The molecule has 0 spiro atoms. The fraction of sp³-hybridized carbons (Fsp3) is 0. The highest BCUT2D eigenvalue weighted by Gasteiger charge is 1.97. The van der Waals surface area contributed by atoms with E-state index >= 15 is 0 Å². The molecular weight excluding hydrogens is 1610 g/mol. The SMILES string of the molecule is c1cc2ccncn2c1.c1cc2ccnn2cn1.c1cc2cnccn2c1.c1ccc2ccccc2c1.c1ccn2ccnc2c1.c1ccn2ccnc2c1.c1ccn2nccc2c1.c1ccn2ncnc2c1.c1cn2ccnc2cn1.c1cn2nccc2cn1.c1cnc2cccn2c1.c1cnc2ccnn2c1.c1cnc2sccc2c1.c1cnn2ccnc2c1. The number of pyridine rings is 5. The zero-order valence-corrected chi connectivity index (χ0v) is 68.7. The lowest BCUT2D eigenvalue weighted by molar-refractivity contribution is 0.921. The van der Waals surface area contributed by atoms with E-state index in [2.05, 4.69) is 161 Å². The first-order valence-corrected chi connectivity index (χ1v) is 40.3. The molecule has 0 aliphatic heterocycles. The summed E-state index contributed by atoms with van der Waals surface area (Å²) in [5, 5.41) is 29.8. The third-order valence-corrected chi connectivity index (χ3v) is 18.7. The van der Waals surface area contributed by atoms with Gasteiger partial charge in [-0.1, -0.05) is 78.9 Å². The molecule has 0 aliphatic rings. The van der Waals surface area contributed by atoms with Gasteiger partial charge in [0.1, 0.15) is 34.4 Å². The first-order valence-electron chi connectivity index (χ1n) is 39.4. The Balaban J connectivity index is 0.000000105. The summed E-state index contributed by atoms with van der Waals surface area (Å²) in [5.41, 5.74) is 12.1. The lowest BCUT2D eigenvalue weighted by Gasteiger charge is -1.92. The minimum atomic E-state index is 0.887. The van der Waals surface area contributed by atoms with Crippen LogP contribution in [0.3, 0.4) is 0 Å². The Morgan fingerprint density at radius 3 is 1.26 bits per heavy atom. The molecule has 0 amide bonds. The zero-order valence-electron chi connectivity index (χ0n) is 67.9. The van der Waals surface area contributed by atoms with E-state index in [1.165, 1.54) is 28.0 Å². The van der Waals surface area contributed by atoms with Crippen molar-refractivity contribution in [3.05, 3.63) is 484 Å². The smallest absolute Gasteiger partial charge is 0.155 e. The molecule has 26 aromatic heterocycles. The monoisotopic (exact) mass is 1690 g/mol. The Kier molecular flexibility index (Phi) is 29.8. The van der Waals surface area contributed by atoms with Gasteiger partial charge in [0.15, 0.2) is 22.6 Å². The molecule has 620 valence electrons. The van der Waals surface area contributed by atoms with Crippen molar-refractivity contribution in [2.45, 2.75) is 0 Å². The number of nitrogens with zero attached hydrogens (tertiary/aromatic N) is 31. The topological polar surface area (TPSA) is 298 Å². The van der Waals surface area contributed by atoms with Crippen molar-refractivity contribution in [1.82, 2.24) is 149 Å². The maximum atomic E-state index is 4.16. The highest BCUT2D eigenvalue weighted by atomic mass is 32.1. The van der Waals surface area contributed by atoms with Crippen LogP contribution >= 0.6 is 11.3 Å². The number of benzene rings is 2. The summed E-state index contributed by atoms with van der Waals surface area (Å²) in [6.07, 6.45) is 70.9. The summed E-state index contributed by atoms with van der Waals surface area (Å²) in [6, 6.07) is 77.5. The largest absolute Gasteiger partial charge is 0.321 e. The van der Waals surface area contributed by atoms with Crippen LogP contribution in [0.2, 0.25) is 0 Å². The molecule has 2 aromatic carbocycles. The first kappa shape index (κ1) is 83.7. The summed E-state index contributed by atoms with van der Waals surface area (Å²) < 4.78 is 22.3. The van der Waals surface area contributed by atoms with E-state index in [4.69, 9.17) is 0 Å². The Bertz CT molecular complexity index is 5890. The van der Waals surface area contributed by atoms with E-state index in [1.807, 2.05) is 318 Å². The van der Waals surface area contributed by atoms with Crippen LogP contribution in [0.5, 0.6) is 0 Å². The van der Waals surface area contributed by atoms with Crippen molar-refractivity contribution < 1.29 is 0 Å². The molecule has 26 heterocycles. The van der Waals surface area contributed by atoms with Crippen molar-refractivity contribution in [2.24, 2.45) is 0 Å². The van der Waals surface area contributed by atoms with Gasteiger partial charge in [-0.25, -0.2) is 76.9 Å². The summed E-state index contributed by atoms with van der Waals surface area (Å²) in [4.78, 5) is 53.2. The van der Waals surface area contributed by atoms with E-state index in [-0.39, 0.29) is 0 Å². The van der Waals surface area contributed by atoms with Crippen LogP contribution in [0.1, 0.15) is 0 Å². The maximum absolute atomic E-state index is 4.16. The second-order valence-electron chi connectivity index (χ2n) is 26.2. The number of imidazole rings is 4. The quantitative estimate of drug-likeness (QED) is 0.136. The van der Waals surface area contributed by atoms with E-state index < -0.39 is 0 Å². The Hall–Kier alpha value is -18.3. The molecule has 0 aliphatic carbocycles. The highest BCUT2D eigenvalue weighted by Crippen LogP contribution is 2.17. The van der Waals surface area contributed by atoms with E-state index in [9.17, 15) is 0 Å². The van der Waals surface area contributed by atoms with Crippen molar-refractivity contribution in [1.29, 1.82) is 0 Å². The zero-order chi connectivity index (χ0) is 86.2. The molecule has 31 nitrogen and oxygen atoms in total. The van der Waals surface area contributed by atoms with Crippen LogP contribution < -0.4 is 0 Å². The number of thiophene rings is 1. The van der Waals surface area contributed by atoms with Gasteiger partial charge >= 0.3 is 0 Å². The lowest BCUT2D eigenvalue weighted by atomic mass is 10.1. The van der Waals surface area contributed by atoms with Crippen LogP contribution in [0.15, 0.2) is 484 Å². The molecule has 0 saturated heterocycles. The number of hydrogen-bond donors (Lipinski definition) is 0. The summed E-state index contributed by atoms with van der Waals surface area (Å²) in [7, 11) is 0. The van der Waals surface area contributed by atoms with Crippen molar-refractivity contribution in [3.63, 3.8) is 0 Å². The number of fused-ring (bicyclic) bond motifs is 14. The molecule has 32 heteroatoms. The van der Waals surface area contributed by atoms with Crippen LogP contribution in [-0.2, 0) is 0 Å². The molecule has 0 saturated carbocycles. The van der Waals surface area contributed by atoms with E-state index in [0.717, 1.165) is 66.4 Å². The van der Waals surface area contributed by atoms with Gasteiger partial charge in [0.25, 0.3) is 0 Å². The Morgan fingerprint density at radius 1 is 0.181 bits per heavy atom. The molecule has 28 rings (SSSR count). The Labute approximate surface area is 728 Å². The third-order valence-electron chi connectivity index (χ3n) is 17.9. The summed E-state index contributed by atoms with van der Waals surface area (Å²) >= 11 is 1.68. The van der Waals surface area contributed by atoms with E-state index in [0.29, 0.717) is 0 Å². The van der Waals surface area contributed by atoms with Gasteiger partial charge in [-0.2, -0.15) is 30.6 Å². The Morgan fingerprint density at radius 2 is 0.583 bits per heavy atom. The van der Waals surface area contributed by atoms with Gasteiger partial charge in [0, 0.05) is 203 Å². The molecule has 0 fully saturated rings. The highest BCUT2D eigenvalue weighted by molar-refractivity contribution is 7.16. The number of rotatable bonds is 0. The summed E-state index contributed by atoms with van der Waals surface area (Å²) in [5.74, 6) is 0. The minimum Gasteiger partial charge on any atom is -0.321 e. The summed E-state index contributed by atoms with van der Waals surface area (Å²) in [6.45, 7) is 0. The van der Waals surface area contributed by atoms with Crippen molar-refractivity contribution in [3.8, 4) is 0 Å². The van der Waals surface area contributed by atoms with Gasteiger partial charge < -0.3 is 26.4 Å². The van der Waals surface area contributed by atoms with Gasteiger partial charge in [0.05, 0.1) is 65.6 Å². The van der Waals surface area contributed by atoms with Crippen molar-refractivity contribution >= 4 is 99.4 Å². The number of hydrogen-bond acceptors (Lipinski definition) is 20. The van der Waals surface area contributed by atoms with Crippen LogP contribution in [0.4, 0.5) is 0 Å². The van der Waals surface area contributed by atoms with Gasteiger partial charge in [-0.05, 0) is 168 Å². The molecule has 0 N–H and O–H groups in total. The van der Waals surface area contributed by atoms with Gasteiger partial charge in [0.2, 0.25) is 0 Å². The molecule has 28 aromatic rings. The molecule has 0 radical (unpaired) electrons. The maximum Gasteiger partial charge on any atom is 0.155 e. The molecule has 0 unspecified atom stereocenters. The molecule has 127 heavy (non-hydrogen) atoms. The van der Waals surface area contributed by atoms with Gasteiger partial charge in [-0.3, -0.25) is 15.0 Å². The normalized spacial score (nSPS) is 10.2. The second-order valence-corrected chi connectivity index (χ2v) is 27.1. The first-order chi connectivity index (χ1) is 63.0. The molecular formula is C95H79N31S. The van der Waals surface area contributed by atoms with E-state index in [1.54, 1.807) is 158 Å². The van der Waals surface area contributed by atoms with Crippen molar-refractivity contribution in [2.75, 3.05) is 0 Å². The number of aromatic nitrogens is 31. The third kappa shape index (κ3) is 24.7. The predicted molar refractivity (Wildman–Crippen MR) is 493 cm³/mol. The predicted octanol–water partition coefficient (Wildman–Crippen LogP) is 17.5. The standard InChI is InChI=1S/C10H8.6C7H6N2.C7H5NS.6C6H5N3/c1-2-6-10-8-4-3-7-9(10)5-1;1-3-7-8-4-2-6-9(7)5-1;1-2-7-3-4-8-6-9(7)5-1;1-2-7-6-8-3-5-9(7)4-1;1-2-6-9-7(3-1)4-5-8-9;2*1-2-5-9-6-4-8-7(9)3-1;1-2-6-3-5-9-7(6)8-4-1;1-3-9-4-2-8-6(9)5-7-1;1-3-7-5-9-6(1)2-4-8-9;1-3-7-6-2-4-8-9(6)5-1;1-2-8-9-4-3-7-5-6(1)9;1-2-6-7-4-5-9(6)8-3-1;1-2-4-9-6(3-1)7-5-8-9/h1-8H;6*1-6H;7*1-5H. The van der Waals surface area contributed by atoms with Crippen LogP contribution in [-0.4, -0.2) is 149 Å². The van der Waals surface area contributed by atoms with Crippen LogP contribution in [0.25, 0.3) is 88.1 Å². The average molecular weight is 1690 g/mol. The molecule has 0 atom stereocenters. The second kappa shape index (κ2) is 45.2. The molecule has 0 bridgehead atoms. The average Bonchev–Trinajstić information content (AvgIpc) is 1.57. The fourth-order valence-corrected chi connectivity index (χ4v) is 12.5. The van der Waals surface area contributed by atoms with Crippen LogP contribution in [0, 0.1) is 0 Å². The minimum absolute atomic E-state index is 0.887. The lowest BCUT2D eigenvalue weighted by Crippen LogP contribution is -1.85.